The summed E-state index contributed by atoms with van der Waals surface area (Å²) in [6.45, 7) is 0. The van der Waals surface area contributed by atoms with Crippen LogP contribution in [0.25, 0.3) is 0 Å². The molecule has 0 N–H and O–H groups in total. The fourth-order valence-corrected chi connectivity index (χ4v) is 0.957. The van der Waals surface area contributed by atoms with E-state index >= 15 is 0 Å². The summed E-state index contributed by atoms with van der Waals surface area (Å²) in [6, 6.07) is 10.2. The number of rotatable bonds is 2. The minimum atomic E-state index is -0.165. The van der Waals surface area contributed by atoms with Crippen LogP contribution < -0.4 is 0 Å². The minimum Gasteiger partial charge on any atom is -0.392 e. The fourth-order valence-electron chi connectivity index (χ4n) is 0.957. The highest BCUT2D eigenvalue weighted by molar-refractivity contribution is 6.38. The third-order valence-electron chi connectivity index (χ3n) is 1.98. The van der Waals surface area contributed by atoms with Gasteiger partial charge in [-0.2, -0.15) is 0 Å². The summed E-state index contributed by atoms with van der Waals surface area (Å²) in [6.07, 6.45) is 0. The maximum Gasteiger partial charge on any atom is 0.137 e. The zero-order valence-electron chi connectivity index (χ0n) is 7.29. The van der Waals surface area contributed by atoms with Crippen molar-refractivity contribution in [3.8, 4) is 0 Å². The topological polar surface area (TPSA) is 9.23 Å². The normalized spacial score (nSPS) is 11.4. The molecule has 0 aliphatic heterocycles. The highest BCUT2D eigenvalue weighted by Gasteiger charge is 2.17. The molecule has 0 radical (unpaired) electrons. The number of benzene rings is 1. The number of hydrogen-bond acceptors (Lipinski definition) is 1. The smallest absolute Gasteiger partial charge is 0.137 e. The molecule has 56 valence electrons. The highest BCUT2D eigenvalue weighted by Crippen LogP contribution is 2.15. The van der Waals surface area contributed by atoms with Crippen molar-refractivity contribution in [2.24, 2.45) is 0 Å². The Labute approximate surface area is 69.6 Å². The highest BCUT2D eigenvalue weighted by atomic mass is 16.5. The molecule has 0 atom stereocenters. The van der Waals surface area contributed by atoms with Crippen LogP contribution in [0.5, 0.6) is 0 Å². The van der Waals surface area contributed by atoms with Crippen LogP contribution in [0.3, 0.4) is 0 Å². The van der Waals surface area contributed by atoms with Crippen LogP contribution in [0, 0.1) is 0 Å². The van der Waals surface area contributed by atoms with Gasteiger partial charge in [0.15, 0.2) is 0 Å². The summed E-state index contributed by atoms with van der Waals surface area (Å²) < 4.78 is 5.32. The second-order valence-electron chi connectivity index (χ2n) is 3.08. The molecule has 0 aliphatic carbocycles. The molecule has 1 aromatic carbocycles. The Morgan fingerprint density at radius 3 is 2.18 bits per heavy atom. The molecule has 0 fully saturated rings. The first kappa shape index (κ1) is 8.41. The van der Waals surface area contributed by atoms with E-state index in [1.165, 1.54) is 5.56 Å². The third-order valence-corrected chi connectivity index (χ3v) is 1.98. The average Bonchev–Trinajstić information content (AvgIpc) is 2.06. The molecule has 0 saturated carbocycles. The summed E-state index contributed by atoms with van der Waals surface area (Å²) >= 11 is 0. The lowest BCUT2D eigenvalue weighted by Crippen LogP contribution is -2.28. The predicted octanol–water partition coefficient (Wildman–Crippen LogP) is -0.291. The van der Waals surface area contributed by atoms with E-state index in [-0.39, 0.29) is 5.40 Å². The molecule has 1 nitrogen and oxygen atoms in total. The SMILES string of the molecule is BC(B)(OC)c1ccccc1. The van der Waals surface area contributed by atoms with Crippen molar-refractivity contribution in [3.05, 3.63) is 35.9 Å². The van der Waals surface area contributed by atoms with Gasteiger partial charge in [0.2, 0.25) is 0 Å². The molecule has 0 heterocycles. The van der Waals surface area contributed by atoms with Gasteiger partial charge < -0.3 is 4.74 Å². The van der Waals surface area contributed by atoms with Gasteiger partial charge in [-0.25, -0.2) is 0 Å². The Kier molecular flexibility index (Phi) is 2.40. The lowest BCUT2D eigenvalue weighted by molar-refractivity contribution is 0.132. The summed E-state index contributed by atoms with van der Waals surface area (Å²) in [4.78, 5) is 0. The molecular formula is C8H12B2O. The number of methoxy groups -OCH3 is 1. The zero-order chi connectivity index (χ0) is 8.32. The van der Waals surface area contributed by atoms with Crippen LogP contribution in [0.2, 0.25) is 0 Å². The monoisotopic (exact) mass is 146 g/mol. The molecule has 11 heavy (non-hydrogen) atoms. The molecule has 0 aliphatic rings. The van der Waals surface area contributed by atoms with E-state index in [1.54, 1.807) is 7.11 Å². The van der Waals surface area contributed by atoms with Gasteiger partial charge in [-0.1, -0.05) is 30.3 Å². The molecule has 0 saturated heterocycles. The second-order valence-corrected chi connectivity index (χ2v) is 3.08. The summed E-state index contributed by atoms with van der Waals surface area (Å²) in [7, 11) is 5.84. The van der Waals surface area contributed by atoms with Gasteiger partial charge in [0.1, 0.15) is 15.7 Å². The number of hydrogen-bond donors (Lipinski definition) is 0. The van der Waals surface area contributed by atoms with Crippen molar-refractivity contribution in [1.82, 2.24) is 0 Å². The van der Waals surface area contributed by atoms with Crippen molar-refractivity contribution < 1.29 is 4.74 Å². The van der Waals surface area contributed by atoms with E-state index in [0.717, 1.165) is 0 Å². The van der Waals surface area contributed by atoms with Gasteiger partial charge in [-0.15, -0.1) is 0 Å². The summed E-state index contributed by atoms with van der Waals surface area (Å²) in [5.41, 5.74) is 1.21. The van der Waals surface area contributed by atoms with Gasteiger partial charge >= 0.3 is 0 Å². The van der Waals surface area contributed by atoms with Gasteiger partial charge in [-0.3, -0.25) is 0 Å². The van der Waals surface area contributed by atoms with Gasteiger partial charge in [0.05, 0.1) is 0 Å². The Morgan fingerprint density at radius 1 is 1.18 bits per heavy atom. The van der Waals surface area contributed by atoms with Gasteiger partial charge in [-0.05, 0) is 5.56 Å². The van der Waals surface area contributed by atoms with Crippen molar-refractivity contribution in [2.75, 3.05) is 7.11 Å². The zero-order valence-corrected chi connectivity index (χ0v) is 7.29. The van der Waals surface area contributed by atoms with Crippen molar-refractivity contribution >= 4 is 15.7 Å². The largest absolute Gasteiger partial charge is 0.392 e. The number of ether oxygens (including phenoxy) is 1. The predicted molar refractivity (Wildman–Crippen MR) is 52.2 cm³/mol. The quantitative estimate of drug-likeness (QED) is 0.520. The third kappa shape index (κ3) is 1.87. The Hall–Kier alpha value is -0.690. The lowest BCUT2D eigenvalue weighted by Gasteiger charge is -2.23. The maximum absolute atomic E-state index is 5.32. The molecule has 0 unspecified atom stereocenters. The Morgan fingerprint density at radius 2 is 1.73 bits per heavy atom. The van der Waals surface area contributed by atoms with Crippen LogP contribution in [-0.2, 0) is 10.1 Å². The Bertz CT molecular complexity index is 221. The molecule has 0 bridgehead atoms. The molecule has 0 aromatic heterocycles. The van der Waals surface area contributed by atoms with Crippen LogP contribution in [0.1, 0.15) is 5.56 Å². The standard InChI is InChI=1S/C8H12B2O/c1-11-8(9,10)7-5-3-2-4-6-7/h2-6H,9-10H2,1H3. The molecule has 0 spiro atoms. The van der Waals surface area contributed by atoms with E-state index < -0.39 is 0 Å². The van der Waals surface area contributed by atoms with E-state index in [0.29, 0.717) is 0 Å². The first-order chi connectivity index (χ1) is 5.17. The maximum atomic E-state index is 5.32. The van der Waals surface area contributed by atoms with Gasteiger partial charge in [0, 0.05) is 12.5 Å². The van der Waals surface area contributed by atoms with Crippen LogP contribution in [0.15, 0.2) is 30.3 Å². The van der Waals surface area contributed by atoms with Crippen LogP contribution >= 0.6 is 0 Å². The first-order valence-corrected chi connectivity index (χ1v) is 3.77. The average molecular weight is 146 g/mol. The molecule has 1 aromatic rings. The van der Waals surface area contributed by atoms with Crippen molar-refractivity contribution in [3.63, 3.8) is 0 Å². The van der Waals surface area contributed by atoms with Crippen molar-refractivity contribution in [1.29, 1.82) is 0 Å². The van der Waals surface area contributed by atoms with Crippen molar-refractivity contribution in [2.45, 2.75) is 5.40 Å². The first-order valence-electron chi connectivity index (χ1n) is 3.77. The second kappa shape index (κ2) is 3.14. The van der Waals surface area contributed by atoms with Crippen LogP contribution in [0.4, 0.5) is 0 Å². The summed E-state index contributed by atoms with van der Waals surface area (Å²) in [5, 5.41) is -0.165. The van der Waals surface area contributed by atoms with E-state index in [2.05, 4.69) is 27.8 Å². The molecule has 0 amide bonds. The fraction of sp³-hybridized carbons (Fsp3) is 0.250. The molecule has 1 rings (SSSR count). The van der Waals surface area contributed by atoms with Crippen LogP contribution in [-0.4, -0.2) is 22.8 Å². The molecular weight excluding hydrogens is 134 g/mol. The summed E-state index contributed by atoms with van der Waals surface area (Å²) in [5.74, 6) is 0. The van der Waals surface area contributed by atoms with E-state index in [4.69, 9.17) is 4.74 Å². The van der Waals surface area contributed by atoms with E-state index in [1.807, 2.05) is 18.2 Å². The minimum absolute atomic E-state index is 0.165. The lowest BCUT2D eigenvalue weighted by atomic mass is 9.61. The van der Waals surface area contributed by atoms with Gasteiger partial charge in [0.25, 0.3) is 0 Å². The van der Waals surface area contributed by atoms with E-state index in [9.17, 15) is 0 Å². The Balaban J connectivity index is 2.93. The molecule has 3 heteroatoms.